The third-order valence-corrected chi connectivity index (χ3v) is 4.53. The monoisotopic (exact) mass is 372 g/mol. The molecule has 3 heterocycles. The van der Waals surface area contributed by atoms with Gasteiger partial charge in [0.1, 0.15) is 0 Å². The minimum absolute atomic E-state index is 0.475. The topological polar surface area (TPSA) is 82.0 Å². The van der Waals surface area contributed by atoms with E-state index >= 15 is 0 Å². The molecule has 0 radical (unpaired) electrons. The lowest BCUT2D eigenvalue weighted by molar-refractivity contribution is 0.391. The Morgan fingerprint density at radius 2 is 2.04 bits per heavy atom. The Morgan fingerprint density at radius 1 is 1.16 bits per heavy atom. The van der Waals surface area contributed by atoms with Gasteiger partial charge in [-0.25, -0.2) is 9.50 Å². The molecule has 0 N–H and O–H groups in total. The van der Waals surface area contributed by atoms with Gasteiger partial charge in [-0.2, -0.15) is 9.97 Å². The summed E-state index contributed by atoms with van der Waals surface area (Å²) >= 11 is 7.41. The van der Waals surface area contributed by atoms with Crippen LogP contribution in [-0.2, 0) is 5.75 Å². The maximum atomic E-state index is 5.99. The molecular formula is C16H13ClN6OS. The molecular weight excluding hydrogens is 360 g/mol. The number of fused-ring (bicyclic) bond motifs is 1. The molecule has 25 heavy (non-hydrogen) atoms. The average Bonchev–Trinajstić information content (AvgIpc) is 3.19. The Balaban J connectivity index is 1.51. The van der Waals surface area contributed by atoms with Crippen molar-refractivity contribution in [3.8, 4) is 11.4 Å². The average molecular weight is 373 g/mol. The first kappa shape index (κ1) is 16.0. The largest absolute Gasteiger partial charge is 0.338 e. The van der Waals surface area contributed by atoms with E-state index in [1.54, 1.807) is 16.6 Å². The first-order valence-corrected chi connectivity index (χ1v) is 8.87. The first-order chi connectivity index (χ1) is 12.1. The number of hydrogen-bond donors (Lipinski definition) is 0. The van der Waals surface area contributed by atoms with Gasteiger partial charge in [-0.05, 0) is 32.0 Å². The van der Waals surface area contributed by atoms with Gasteiger partial charge in [0.2, 0.25) is 16.9 Å². The zero-order valence-corrected chi connectivity index (χ0v) is 15.0. The number of aryl methyl sites for hydroxylation is 2. The Labute approximate surface area is 152 Å². The van der Waals surface area contributed by atoms with Gasteiger partial charge >= 0.3 is 0 Å². The zero-order chi connectivity index (χ0) is 17.4. The SMILES string of the molecule is Cc1cc(C)n2nc(SCc3nc(-c4cccc(Cl)c4)no3)nc2n1. The lowest BCUT2D eigenvalue weighted by Crippen LogP contribution is -1.97. The molecule has 0 aliphatic rings. The van der Waals surface area contributed by atoms with Crippen LogP contribution in [0.2, 0.25) is 5.02 Å². The molecule has 0 spiro atoms. The van der Waals surface area contributed by atoms with Crippen LogP contribution in [0.4, 0.5) is 0 Å². The summed E-state index contributed by atoms with van der Waals surface area (Å²) in [5.41, 5.74) is 2.72. The molecule has 3 aromatic heterocycles. The van der Waals surface area contributed by atoms with E-state index in [9.17, 15) is 0 Å². The zero-order valence-electron chi connectivity index (χ0n) is 13.5. The summed E-state index contributed by atoms with van der Waals surface area (Å²) in [6, 6.07) is 9.29. The van der Waals surface area contributed by atoms with E-state index in [-0.39, 0.29) is 0 Å². The van der Waals surface area contributed by atoms with Crippen LogP contribution in [0.3, 0.4) is 0 Å². The third kappa shape index (κ3) is 3.35. The van der Waals surface area contributed by atoms with E-state index in [0.29, 0.717) is 33.4 Å². The molecule has 4 aromatic rings. The molecule has 0 atom stereocenters. The maximum Gasteiger partial charge on any atom is 0.253 e. The summed E-state index contributed by atoms with van der Waals surface area (Å²) < 4.78 is 7.02. The Hall–Kier alpha value is -2.45. The molecule has 0 fully saturated rings. The van der Waals surface area contributed by atoms with E-state index < -0.39 is 0 Å². The molecule has 0 saturated carbocycles. The molecule has 0 bridgehead atoms. The smallest absolute Gasteiger partial charge is 0.253 e. The minimum Gasteiger partial charge on any atom is -0.338 e. The van der Waals surface area contributed by atoms with Crippen LogP contribution < -0.4 is 0 Å². The lowest BCUT2D eigenvalue weighted by atomic mass is 10.2. The number of benzene rings is 1. The molecule has 0 saturated heterocycles. The van der Waals surface area contributed by atoms with Gasteiger partial charge in [0, 0.05) is 22.0 Å². The van der Waals surface area contributed by atoms with Crippen LogP contribution in [0.5, 0.6) is 0 Å². The highest BCUT2D eigenvalue weighted by Gasteiger charge is 2.12. The van der Waals surface area contributed by atoms with Gasteiger partial charge in [-0.15, -0.1) is 5.10 Å². The summed E-state index contributed by atoms with van der Waals surface area (Å²) in [5.74, 6) is 2.07. The van der Waals surface area contributed by atoms with Crippen molar-refractivity contribution in [2.24, 2.45) is 0 Å². The van der Waals surface area contributed by atoms with Crippen molar-refractivity contribution in [1.82, 2.24) is 29.7 Å². The summed E-state index contributed by atoms with van der Waals surface area (Å²) in [5, 5.41) is 9.68. The predicted octanol–water partition coefficient (Wildman–Crippen LogP) is 3.74. The van der Waals surface area contributed by atoms with Crippen LogP contribution in [-0.4, -0.2) is 29.7 Å². The van der Waals surface area contributed by atoms with Gasteiger partial charge < -0.3 is 4.52 Å². The molecule has 4 rings (SSSR count). The van der Waals surface area contributed by atoms with Crippen molar-refractivity contribution in [2.75, 3.05) is 0 Å². The molecule has 0 unspecified atom stereocenters. The summed E-state index contributed by atoms with van der Waals surface area (Å²) in [4.78, 5) is 13.2. The van der Waals surface area contributed by atoms with Crippen LogP contribution in [0.15, 0.2) is 40.0 Å². The van der Waals surface area contributed by atoms with Crippen LogP contribution in [0, 0.1) is 13.8 Å². The van der Waals surface area contributed by atoms with Gasteiger partial charge in [-0.1, -0.05) is 40.7 Å². The standard InChI is InChI=1S/C16H13ClN6OS/c1-9-6-10(2)23-15(18-9)20-16(21-23)25-8-13-19-14(22-24-13)11-4-3-5-12(17)7-11/h3-7H,8H2,1-2H3. The lowest BCUT2D eigenvalue weighted by Gasteiger charge is -1.97. The number of aromatic nitrogens is 6. The number of thioether (sulfide) groups is 1. The number of nitrogens with zero attached hydrogens (tertiary/aromatic N) is 6. The van der Waals surface area contributed by atoms with E-state index in [1.807, 2.05) is 32.0 Å². The van der Waals surface area contributed by atoms with Crippen LogP contribution in [0.1, 0.15) is 17.3 Å². The molecule has 0 aliphatic heterocycles. The molecule has 126 valence electrons. The van der Waals surface area contributed by atoms with Crippen molar-refractivity contribution in [1.29, 1.82) is 0 Å². The summed E-state index contributed by atoms with van der Waals surface area (Å²) in [6.45, 7) is 3.91. The predicted molar refractivity (Wildman–Crippen MR) is 94.6 cm³/mol. The highest BCUT2D eigenvalue weighted by molar-refractivity contribution is 7.98. The second-order valence-corrected chi connectivity index (χ2v) is 6.83. The molecule has 9 heteroatoms. The van der Waals surface area contributed by atoms with Crippen molar-refractivity contribution >= 4 is 29.1 Å². The fourth-order valence-corrected chi connectivity index (χ4v) is 3.24. The van der Waals surface area contributed by atoms with Crippen molar-refractivity contribution in [3.05, 3.63) is 52.6 Å². The van der Waals surface area contributed by atoms with Gasteiger partial charge in [0.15, 0.2) is 0 Å². The van der Waals surface area contributed by atoms with Gasteiger partial charge in [0.25, 0.3) is 5.78 Å². The fraction of sp³-hybridized carbons (Fsp3) is 0.188. The third-order valence-electron chi connectivity index (χ3n) is 3.47. The normalized spacial score (nSPS) is 11.3. The van der Waals surface area contributed by atoms with E-state index in [1.165, 1.54) is 11.8 Å². The van der Waals surface area contributed by atoms with Crippen molar-refractivity contribution in [3.63, 3.8) is 0 Å². The summed E-state index contributed by atoms with van der Waals surface area (Å²) in [6.07, 6.45) is 0. The molecule has 1 aromatic carbocycles. The van der Waals surface area contributed by atoms with Crippen LogP contribution >= 0.6 is 23.4 Å². The summed E-state index contributed by atoms with van der Waals surface area (Å²) in [7, 11) is 0. The quantitative estimate of drug-likeness (QED) is 0.504. The number of hydrogen-bond acceptors (Lipinski definition) is 7. The van der Waals surface area contributed by atoms with E-state index in [0.717, 1.165) is 17.0 Å². The molecule has 7 nitrogen and oxygen atoms in total. The minimum atomic E-state index is 0.475. The van der Waals surface area contributed by atoms with Crippen molar-refractivity contribution < 1.29 is 4.52 Å². The van der Waals surface area contributed by atoms with E-state index in [2.05, 4.69) is 25.2 Å². The van der Waals surface area contributed by atoms with E-state index in [4.69, 9.17) is 16.1 Å². The van der Waals surface area contributed by atoms with Crippen LogP contribution in [0.25, 0.3) is 17.2 Å². The molecule has 0 aliphatic carbocycles. The number of rotatable bonds is 4. The Morgan fingerprint density at radius 3 is 2.88 bits per heavy atom. The number of halogens is 1. The maximum absolute atomic E-state index is 5.99. The second kappa shape index (κ2) is 6.45. The second-order valence-electron chi connectivity index (χ2n) is 5.46. The fourth-order valence-electron chi connectivity index (χ4n) is 2.39. The van der Waals surface area contributed by atoms with Gasteiger partial charge in [-0.3, -0.25) is 0 Å². The van der Waals surface area contributed by atoms with Gasteiger partial charge in [0.05, 0.1) is 5.75 Å². The molecule has 0 amide bonds. The van der Waals surface area contributed by atoms with Crippen molar-refractivity contribution in [2.45, 2.75) is 24.8 Å². The highest BCUT2D eigenvalue weighted by Crippen LogP contribution is 2.23. The highest BCUT2D eigenvalue weighted by atomic mass is 35.5. The Kier molecular flexibility index (Phi) is 4.14. The first-order valence-electron chi connectivity index (χ1n) is 7.51. The Bertz CT molecular complexity index is 1060.